The van der Waals surface area contributed by atoms with E-state index in [9.17, 15) is 38.4 Å². The van der Waals surface area contributed by atoms with E-state index in [1.807, 2.05) is 61.6 Å². The second kappa shape index (κ2) is 39.5. The molecule has 145 heavy (non-hydrogen) atoms. The average Bonchev–Trinajstić information content (AvgIpc) is 1.69. The van der Waals surface area contributed by atoms with Gasteiger partial charge in [0.25, 0.3) is 30.1 Å². The predicted molar refractivity (Wildman–Crippen MR) is 555 cm³/mol. The molecule has 0 atom stereocenters. The zero-order valence-electron chi connectivity index (χ0n) is 78.0. The number of aromatic nitrogens is 16. The molecule has 0 saturated carbocycles. The van der Waals surface area contributed by atoms with E-state index in [4.69, 9.17) is 19.6 Å². The first-order chi connectivity index (χ1) is 70.4. The van der Waals surface area contributed by atoms with Gasteiger partial charge in [-0.05, 0) is 148 Å². The monoisotopic (exact) mass is 1990 g/mol. The lowest BCUT2D eigenvalue weighted by atomic mass is 9.77. The van der Waals surface area contributed by atoms with Crippen molar-refractivity contribution in [2.24, 2.45) is 0 Å². The Morgan fingerprint density at radius 1 is 0.352 bits per heavy atom. The van der Waals surface area contributed by atoms with Crippen LogP contribution in [-0.4, -0.2) is 169 Å². The van der Waals surface area contributed by atoms with Gasteiger partial charge in [-0.3, -0.25) is 4.68 Å². The number of hydrogen-bond acceptors (Lipinski definition) is 20. The molecule has 28 nitrogen and oxygen atoms in total. The van der Waals surface area contributed by atoms with Gasteiger partial charge in [0.05, 0.1) is 83.5 Å². The zero-order valence-corrected chi connectivity index (χ0v) is 80.5. The van der Waals surface area contributed by atoms with Crippen molar-refractivity contribution in [2.45, 2.75) is 26.6 Å². The fourth-order valence-corrected chi connectivity index (χ4v) is 21.5. The highest BCUT2D eigenvalue weighted by Gasteiger charge is 2.40. The van der Waals surface area contributed by atoms with Crippen molar-refractivity contribution in [3.8, 4) is 101 Å². The molecule has 0 unspecified atom stereocenters. The second-order valence-electron chi connectivity index (χ2n) is 34.6. The first-order valence-electron chi connectivity index (χ1n) is 46.2. The van der Waals surface area contributed by atoms with E-state index >= 15 is 0 Å². The third-order valence-electron chi connectivity index (χ3n) is 25.5. The van der Waals surface area contributed by atoms with Crippen molar-refractivity contribution in [2.75, 3.05) is 75.3 Å². The van der Waals surface area contributed by atoms with Crippen LogP contribution in [0, 0.1) is 0 Å². The number of ether oxygens (including phenoxy) is 3. The standard InChI is InChI=1S/C37H31N5.C26H23N5O3S.C25H21N5O3S.C23H15F3N4O3S/c1-41(2)33-20-18-27(19-21-33)28-22-34-35(25-39-36(34)38-23-28)29-24-40-42(26-29)37(30-12-6-3-7-13-30,31-14-8-4-9-15-31)32-16-10-5-11-17-32;32-35(33,23-4-2-1-3-5-23)31-18-21(16-29-31)25-17-28-26-24(25)14-20(15-27-26)19-6-8-22(9-7-19)30-10-12-34-13-11-30;1-29-9-10-33-24-12-17(7-8-23(24)29)18-11-21-22(15-27-25(21)26-13-18)19-14-28-30(16-19)34(31,32)20-5-3-2-4-6-20;24-23(25,26)33-18-8-6-15(7-9-18)16-10-20-21(13-28-22(20)27-11-16)17-12-29-30(14-17)34(31,32)19-4-2-1-3-5-19/h3-26H,1-2H3,(H,38,39);1-9,14-18H,10-13H2,(H,27,28);2-8,11-16H,9-10H2,1H3,(H,26,27);1-14H,(H,27,28). The van der Waals surface area contributed by atoms with E-state index in [2.05, 4.69) is 265 Å². The lowest BCUT2D eigenvalue weighted by Gasteiger charge is -2.36. The first kappa shape index (κ1) is 93.7. The molecule has 0 bridgehead atoms. The number of nitrogens with zero attached hydrogens (tertiary/aromatic N) is 15. The van der Waals surface area contributed by atoms with Crippen molar-refractivity contribution in [3.63, 3.8) is 0 Å². The molecule has 12 aromatic heterocycles. The predicted octanol–water partition coefficient (Wildman–Crippen LogP) is 21.6. The van der Waals surface area contributed by atoms with Crippen LogP contribution in [-0.2, 0) is 40.3 Å². The van der Waals surface area contributed by atoms with Crippen LogP contribution < -0.4 is 24.2 Å². The number of morpholine rings is 1. The summed E-state index contributed by atoms with van der Waals surface area (Å²) >= 11 is 0. The molecule has 0 aliphatic carbocycles. The maximum atomic E-state index is 12.9. The van der Waals surface area contributed by atoms with Gasteiger partial charge in [-0.1, -0.05) is 188 Å². The molecule has 24 rings (SSSR count). The van der Waals surface area contributed by atoms with Crippen molar-refractivity contribution < 1.29 is 52.6 Å². The summed E-state index contributed by atoms with van der Waals surface area (Å²) in [6.07, 6.45) is 23.0. The molecule has 22 aromatic rings. The van der Waals surface area contributed by atoms with Crippen LogP contribution >= 0.6 is 0 Å². The van der Waals surface area contributed by atoms with Crippen LogP contribution in [0.5, 0.6) is 11.5 Å². The molecule has 4 N–H and O–H groups in total. The number of nitrogens with one attached hydrogen (secondary N) is 4. The summed E-state index contributed by atoms with van der Waals surface area (Å²) in [5, 5.41) is 20.9. The number of halogens is 3. The van der Waals surface area contributed by atoms with E-state index in [0.717, 1.165) is 156 Å². The van der Waals surface area contributed by atoms with Gasteiger partial charge in [0.15, 0.2) is 0 Å². The minimum absolute atomic E-state index is 0.116. The number of anilines is 3. The Kier molecular flexibility index (Phi) is 25.5. The van der Waals surface area contributed by atoms with Gasteiger partial charge in [-0.2, -0.15) is 57.9 Å². The number of aromatic amines is 4. The molecule has 1 saturated heterocycles. The summed E-state index contributed by atoms with van der Waals surface area (Å²) in [6, 6.07) is 93.1. The van der Waals surface area contributed by atoms with Gasteiger partial charge < -0.3 is 48.8 Å². The maximum Gasteiger partial charge on any atom is 0.573 e. The molecule has 34 heteroatoms. The highest BCUT2D eigenvalue weighted by Crippen LogP contribution is 2.45. The van der Waals surface area contributed by atoms with Crippen molar-refractivity contribution in [1.29, 1.82) is 0 Å². The number of benzene rings is 10. The quantitative estimate of drug-likeness (QED) is 0.0486. The van der Waals surface area contributed by atoms with Gasteiger partial charge in [-0.25, -0.2) is 19.9 Å². The van der Waals surface area contributed by atoms with E-state index in [1.54, 1.807) is 104 Å². The highest BCUT2D eigenvalue weighted by atomic mass is 32.2. The number of H-pyrrole nitrogens is 4. The molecule has 1 fully saturated rings. The number of pyridine rings is 4. The molecule has 722 valence electrons. The van der Waals surface area contributed by atoms with Crippen LogP contribution in [0.2, 0.25) is 0 Å². The highest BCUT2D eigenvalue weighted by molar-refractivity contribution is 7.90. The van der Waals surface area contributed by atoms with Gasteiger partial charge >= 0.3 is 6.36 Å². The SMILES string of the molecule is CN(C)c1ccc(-c2cnc3[nH]cc(-c4cnn(C(c5ccccc5)(c5ccccc5)c5ccccc5)c4)c3c2)cc1.CN1CCOc2cc(-c3cnc4[nH]cc(-c5cnn(S(=O)(=O)c6ccccc6)c5)c4c3)ccc21.O=S(=O)(c1ccccc1)n1cc(-c2c[nH]c3ncc(-c4ccc(N5CCOCC5)cc4)cc23)cn1.O=S(=O)(c1ccccc1)n1cc(-c2c[nH]c3ncc(-c4ccc(OC(F)(F)F)cc4)cc23)cn1. The molecule has 10 aromatic carbocycles. The van der Waals surface area contributed by atoms with E-state index < -0.39 is 42.0 Å². The lowest BCUT2D eigenvalue weighted by Crippen LogP contribution is -2.38. The van der Waals surface area contributed by atoms with Gasteiger partial charge in [-0.15, -0.1) is 13.2 Å². The van der Waals surface area contributed by atoms with Crippen LogP contribution in [0.15, 0.2) is 411 Å². The molecular weight excluding hydrogens is 1900 g/mol. The van der Waals surface area contributed by atoms with E-state index in [0.29, 0.717) is 56.7 Å². The number of alkyl halides is 3. The Morgan fingerprint density at radius 3 is 1.06 bits per heavy atom. The largest absolute Gasteiger partial charge is 0.573 e. The van der Waals surface area contributed by atoms with Gasteiger partial charge in [0.1, 0.15) is 46.2 Å². The fourth-order valence-electron chi connectivity index (χ4n) is 18.0. The molecule has 0 amide bonds. The fraction of sp³-hybridized carbons (Fsp3) is 0.0991. The number of hydrogen-bond donors (Lipinski definition) is 4. The van der Waals surface area contributed by atoms with Crippen LogP contribution in [0.4, 0.5) is 30.2 Å². The smallest absolute Gasteiger partial charge is 0.490 e. The Hall–Kier alpha value is -17.6. The Morgan fingerprint density at radius 2 is 0.690 bits per heavy atom. The number of fused-ring (bicyclic) bond motifs is 5. The Labute approximate surface area is 831 Å². The molecule has 0 spiro atoms. The normalized spacial score (nSPS) is 12.9. The first-order valence-corrected chi connectivity index (χ1v) is 50.5. The number of rotatable bonds is 21. The van der Waals surface area contributed by atoms with Crippen molar-refractivity contribution >= 4 is 91.3 Å². The van der Waals surface area contributed by atoms with Crippen molar-refractivity contribution in [3.05, 3.63) is 413 Å². The molecule has 0 radical (unpaired) electrons. The van der Waals surface area contributed by atoms with Crippen LogP contribution in [0.3, 0.4) is 0 Å². The summed E-state index contributed by atoms with van der Waals surface area (Å²) in [4.78, 5) is 38.2. The summed E-state index contributed by atoms with van der Waals surface area (Å²) in [7, 11) is -5.21. The minimum atomic E-state index is -4.76. The van der Waals surface area contributed by atoms with Crippen LogP contribution in [0.1, 0.15) is 16.7 Å². The lowest BCUT2D eigenvalue weighted by molar-refractivity contribution is -0.274. The average molecular weight is 1990 g/mol. The summed E-state index contributed by atoms with van der Waals surface area (Å²) in [5.74, 6) is 0.535. The summed E-state index contributed by atoms with van der Waals surface area (Å²) in [6.45, 7) is 4.81. The van der Waals surface area contributed by atoms with Crippen molar-refractivity contribution in [1.82, 2.24) is 77.2 Å². The maximum absolute atomic E-state index is 12.9. The Bertz CT molecular complexity index is 8670. The third-order valence-corrected chi connectivity index (χ3v) is 30.2. The molecule has 2 aliphatic heterocycles. The topological polar surface area (TPSA) is 326 Å². The minimum Gasteiger partial charge on any atom is -0.490 e. The summed E-state index contributed by atoms with van der Waals surface area (Å²) in [5.41, 5.74) is 22.9. The van der Waals surface area contributed by atoms with Gasteiger partial charge in [0.2, 0.25) is 0 Å². The number of likely N-dealkylation sites (N-methyl/N-ethyl adjacent to an activating group) is 1. The van der Waals surface area contributed by atoms with E-state index in [-0.39, 0.29) is 20.4 Å². The summed E-state index contributed by atoms with van der Waals surface area (Å²) < 4.78 is 135. The third kappa shape index (κ3) is 19.1. The van der Waals surface area contributed by atoms with E-state index in [1.165, 1.54) is 72.6 Å². The molecular formula is C111H90F3N19O9S3. The zero-order chi connectivity index (χ0) is 99.6. The van der Waals surface area contributed by atoms with Gasteiger partial charge in [0, 0.05) is 190 Å². The Balaban J connectivity index is 0.000000114. The molecule has 2 aliphatic rings. The second-order valence-corrected chi connectivity index (χ2v) is 40.0. The van der Waals surface area contributed by atoms with Crippen LogP contribution in [0.25, 0.3) is 133 Å². The molecule has 14 heterocycles.